The molecule has 0 spiro atoms. The highest BCUT2D eigenvalue weighted by Gasteiger charge is 2.25. The largest absolute Gasteiger partial charge is 0.466 e. The van der Waals surface area contributed by atoms with Crippen molar-refractivity contribution in [3.05, 3.63) is 58.0 Å². The first kappa shape index (κ1) is 28.2. The molecule has 2 aromatic carbocycles. The van der Waals surface area contributed by atoms with Gasteiger partial charge in [-0.3, -0.25) is 19.2 Å². The molecule has 0 aliphatic heterocycles. The van der Waals surface area contributed by atoms with Crippen molar-refractivity contribution in [2.24, 2.45) is 0 Å². The highest BCUT2D eigenvalue weighted by atomic mass is 35.5. The maximum absolute atomic E-state index is 11.4. The van der Waals surface area contributed by atoms with E-state index >= 15 is 0 Å². The lowest BCUT2D eigenvalue weighted by molar-refractivity contribution is -0.145. The van der Waals surface area contributed by atoms with E-state index < -0.39 is 11.9 Å². The minimum atomic E-state index is -0.697. The molecule has 0 amide bonds. The zero-order valence-electron chi connectivity index (χ0n) is 19.7. The molecule has 0 N–H and O–H groups in total. The average Bonchev–Trinajstić information content (AvgIpc) is 3.35. The summed E-state index contributed by atoms with van der Waals surface area (Å²) in [6.07, 6.45) is -0.103. The van der Waals surface area contributed by atoms with E-state index in [0.29, 0.717) is 16.1 Å². The van der Waals surface area contributed by atoms with Crippen LogP contribution in [0.15, 0.2) is 48.5 Å². The number of carbonyl (C=O) groups is 4. The number of fused-ring (bicyclic) bond motifs is 2. The highest BCUT2D eigenvalue weighted by Crippen LogP contribution is 2.28. The van der Waals surface area contributed by atoms with Crippen LogP contribution in [0.25, 0.3) is 20.4 Å². The number of thiazole rings is 2. The molecule has 0 saturated carbocycles. The number of aromatic nitrogens is 2. The number of rotatable bonds is 6. The third kappa shape index (κ3) is 8.93. The fraction of sp³-hybridized carbons (Fsp3) is 0.280. The van der Waals surface area contributed by atoms with Gasteiger partial charge in [-0.2, -0.15) is 0 Å². The maximum atomic E-state index is 11.4. The average molecular weight is 533 g/mol. The summed E-state index contributed by atoms with van der Waals surface area (Å²) in [5.74, 6) is -1.59. The summed E-state index contributed by atoms with van der Waals surface area (Å²) in [5.41, 5.74) is 1.83. The van der Waals surface area contributed by atoms with Crippen molar-refractivity contribution in [2.45, 2.75) is 40.0 Å². The van der Waals surface area contributed by atoms with Gasteiger partial charge in [0.25, 0.3) is 0 Å². The molecule has 4 rings (SSSR count). The van der Waals surface area contributed by atoms with Crippen LogP contribution < -0.4 is 0 Å². The Bertz CT molecular complexity index is 1250. The van der Waals surface area contributed by atoms with Gasteiger partial charge in [-0.1, -0.05) is 35.9 Å². The van der Waals surface area contributed by atoms with Gasteiger partial charge in [-0.25, -0.2) is 9.97 Å². The number of ketones is 3. The summed E-state index contributed by atoms with van der Waals surface area (Å²) in [6, 6.07) is 15.5. The van der Waals surface area contributed by atoms with E-state index in [9.17, 15) is 19.2 Å². The van der Waals surface area contributed by atoms with Gasteiger partial charge in [0.1, 0.15) is 34.7 Å². The van der Waals surface area contributed by atoms with Gasteiger partial charge >= 0.3 is 5.97 Å². The van der Waals surface area contributed by atoms with E-state index in [1.165, 1.54) is 43.4 Å². The summed E-state index contributed by atoms with van der Waals surface area (Å²) in [7, 11) is 0. The van der Waals surface area contributed by atoms with Crippen molar-refractivity contribution < 1.29 is 23.9 Å². The van der Waals surface area contributed by atoms with E-state index in [-0.39, 0.29) is 23.8 Å². The number of carbonyl (C=O) groups excluding carboxylic acids is 4. The van der Waals surface area contributed by atoms with Crippen molar-refractivity contribution >= 4 is 78.0 Å². The van der Waals surface area contributed by atoms with Crippen molar-refractivity contribution in [1.29, 1.82) is 0 Å². The Morgan fingerprint density at radius 1 is 0.857 bits per heavy atom. The Balaban J connectivity index is 0.000000197. The van der Waals surface area contributed by atoms with Gasteiger partial charge in [0.05, 0.1) is 27.0 Å². The van der Waals surface area contributed by atoms with Gasteiger partial charge in [0.2, 0.25) is 0 Å². The molecule has 4 aromatic rings. The number of esters is 1. The number of ether oxygens (including phenoxy) is 1. The van der Waals surface area contributed by atoms with Crippen LogP contribution in [0.4, 0.5) is 0 Å². The maximum Gasteiger partial charge on any atom is 0.313 e. The smallest absolute Gasteiger partial charge is 0.313 e. The fourth-order valence-electron chi connectivity index (χ4n) is 2.91. The molecular weight excluding hydrogens is 508 g/mol. The van der Waals surface area contributed by atoms with E-state index in [1.54, 1.807) is 6.92 Å². The quantitative estimate of drug-likeness (QED) is 0.220. The zero-order chi connectivity index (χ0) is 26.0. The van der Waals surface area contributed by atoms with Crippen LogP contribution in [0, 0.1) is 0 Å². The van der Waals surface area contributed by atoms with E-state index in [2.05, 4.69) is 14.7 Å². The number of halogens is 1. The van der Waals surface area contributed by atoms with Crippen molar-refractivity contribution in [1.82, 2.24) is 9.97 Å². The molecule has 7 nitrogen and oxygen atoms in total. The second-order valence-corrected chi connectivity index (χ2v) is 9.97. The second-order valence-electron chi connectivity index (χ2n) is 7.29. The van der Waals surface area contributed by atoms with Gasteiger partial charge < -0.3 is 4.74 Å². The van der Waals surface area contributed by atoms with Crippen molar-refractivity contribution in [3.63, 3.8) is 0 Å². The second kappa shape index (κ2) is 13.8. The lowest BCUT2D eigenvalue weighted by atomic mass is 10.0. The number of hydrogen-bond acceptors (Lipinski definition) is 9. The Hall–Kier alpha value is -3.01. The standard InChI is InChI=1S/C12H11NO2S.C7H4ClNS.C6H10O3/c1-7(14)11(8(2)15)12-13-9-5-3-4-6-10(9)16-12;8-7-9-5-3-1-2-4-6(5)10-7;1-3-9-6(8)4-5(2)7/h3-6,11H,1-2H3;1-4H;3-4H2,1-2H3. The van der Waals surface area contributed by atoms with E-state index in [4.69, 9.17) is 11.6 Å². The summed E-state index contributed by atoms with van der Waals surface area (Å²) < 4.78 is 7.26. The lowest BCUT2D eigenvalue weighted by Gasteiger charge is -2.04. The Morgan fingerprint density at radius 2 is 1.37 bits per heavy atom. The van der Waals surface area contributed by atoms with Gasteiger partial charge in [0, 0.05) is 0 Å². The Labute approximate surface area is 216 Å². The minimum Gasteiger partial charge on any atom is -0.466 e. The van der Waals surface area contributed by atoms with Gasteiger partial charge in [-0.15, -0.1) is 22.7 Å². The SMILES string of the molecule is CC(=O)C(C(C)=O)c1nc2ccccc2s1.CCOC(=O)CC(C)=O.Clc1nc2ccccc2s1. The van der Waals surface area contributed by atoms with Crippen LogP contribution >= 0.6 is 34.3 Å². The first-order valence-electron chi connectivity index (χ1n) is 10.6. The monoisotopic (exact) mass is 532 g/mol. The van der Waals surface area contributed by atoms with Crippen LogP contribution in [-0.2, 0) is 23.9 Å². The van der Waals surface area contributed by atoms with Gasteiger partial charge in [0.15, 0.2) is 4.47 Å². The third-order valence-corrected chi connectivity index (χ3v) is 6.58. The summed E-state index contributed by atoms with van der Waals surface area (Å²) in [6.45, 7) is 6.26. The molecule has 2 aromatic heterocycles. The molecule has 0 radical (unpaired) electrons. The number of benzene rings is 2. The predicted octanol–water partition coefficient (Wildman–Crippen LogP) is 6.04. The molecule has 0 fully saturated rings. The molecule has 0 aliphatic rings. The molecule has 0 atom stereocenters. The topological polar surface area (TPSA) is 103 Å². The van der Waals surface area contributed by atoms with Gasteiger partial charge in [-0.05, 0) is 52.0 Å². The molecule has 35 heavy (non-hydrogen) atoms. The number of Topliss-reactive ketones (excluding diaryl/α,β-unsaturated/α-hetero) is 3. The Kier molecular flexibility index (Phi) is 11.1. The lowest BCUT2D eigenvalue weighted by Crippen LogP contribution is -2.16. The zero-order valence-corrected chi connectivity index (χ0v) is 22.1. The minimum absolute atomic E-state index is 0.103. The summed E-state index contributed by atoms with van der Waals surface area (Å²) >= 11 is 8.61. The normalized spacial score (nSPS) is 10.2. The van der Waals surface area contributed by atoms with Crippen molar-refractivity contribution in [2.75, 3.05) is 6.61 Å². The Morgan fingerprint density at radius 3 is 1.83 bits per heavy atom. The van der Waals surface area contributed by atoms with E-state index in [1.807, 2.05) is 48.5 Å². The van der Waals surface area contributed by atoms with E-state index in [0.717, 1.165) is 20.4 Å². The van der Waals surface area contributed by atoms with Crippen LogP contribution in [0.3, 0.4) is 0 Å². The molecule has 0 bridgehead atoms. The van der Waals surface area contributed by atoms with Crippen LogP contribution in [0.5, 0.6) is 0 Å². The first-order valence-corrected chi connectivity index (χ1v) is 12.7. The number of para-hydroxylation sites is 2. The van der Waals surface area contributed by atoms with Crippen molar-refractivity contribution in [3.8, 4) is 0 Å². The molecule has 0 saturated heterocycles. The molecular formula is C25H25ClN2O5S2. The first-order chi connectivity index (χ1) is 16.6. The molecule has 0 aliphatic carbocycles. The summed E-state index contributed by atoms with van der Waals surface area (Å²) in [5, 5.41) is 0.598. The molecule has 2 heterocycles. The number of nitrogens with zero attached hydrogens (tertiary/aromatic N) is 2. The van der Waals surface area contributed by atoms with Crippen LogP contribution in [0.2, 0.25) is 4.47 Å². The predicted molar refractivity (Wildman–Crippen MR) is 140 cm³/mol. The fourth-order valence-corrected chi connectivity index (χ4v) is 5.12. The number of hydrogen-bond donors (Lipinski definition) is 0. The van der Waals surface area contributed by atoms with Crippen LogP contribution in [0.1, 0.15) is 45.0 Å². The summed E-state index contributed by atoms with van der Waals surface area (Å²) in [4.78, 5) is 51.9. The third-order valence-electron chi connectivity index (χ3n) is 4.34. The molecule has 184 valence electrons. The highest BCUT2D eigenvalue weighted by molar-refractivity contribution is 7.22. The van der Waals surface area contributed by atoms with Crippen LogP contribution in [-0.4, -0.2) is 39.9 Å². The molecule has 0 unspecified atom stereocenters. The molecule has 10 heteroatoms.